The molecule has 1 heterocycles. The van der Waals surface area contributed by atoms with E-state index in [9.17, 15) is 9.59 Å². The van der Waals surface area contributed by atoms with E-state index in [-0.39, 0.29) is 6.61 Å². The van der Waals surface area contributed by atoms with Gasteiger partial charge in [0.05, 0.1) is 19.8 Å². The SMILES string of the molecule is CCOC(=O)[C@H]1[C@@H](C(=O)OC)[C@H](C)ON1C. The van der Waals surface area contributed by atoms with Gasteiger partial charge in [-0.2, -0.15) is 5.06 Å². The van der Waals surface area contributed by atoms with Crippen molar-refractivity contribution in [2.75, 3.05) is 20.8 Å². The Morgan fingerprint density at radius 1 is 1.38 bits per heavy atom. The zero-order valence-electron chi connectivity index (χ0n) is 9.93. The molecule has 0 aromatic rings. The Morgan fingerprint density at radius 2 is 2.00 bits per heavy atom. The van der Waals surface area contributed by atoms with E-state index in [0.29, 0.717) is 0 Å². The van der Waals surface area contributed by atoms with Crippen LogP contribution in [-0.2, 0) is 23.9 Å². The Kier molecular flexibility index (Phi) is 4.26. The van der Waals surface area contributed by atoms with E-state index in [4.69, 9.17) is 9.57 Å². The van der Waals surface area contributed by atoms with Gasteiger partial charge < -0.3 is 9.47 Å². The summed E-state index contributed by atoms with van der Waals surface area (Å²) < 4.78 is 9.56. The third kappa shape index (κ3) is 2.33. The lowest BCUT2D eigenvalue weighted by molar-refractivity contribution is -0.170. The third-order valence-corrected chi connectivity index (χ3v) is 2.57. The van der Waals surface area contributed by atoms with Crippen molar-refractivity contribution >= 4 is 11.9 Å². The summed E-state index contributed by atoms with van der Waals surface area (Å²) >= 11 is 0. The lowest BCUT2D eigenvalue weighted by atomic mass is 9.96. The van der Waals surface area contributed by atoms with Crippen LogP contribution in [0, 0.1) is 5.92 Å². The number of esters is 2. The number of carbonyl (C=O) groups is 2. The van der Waals surface area contributed by atoms with Gasteiger partial charge in [0.25, 0.3) is 0 Å². The number of rotatable bonds is 3. The molecule has 6 nitrogen and oxygen atoms in total. The number of likely N-dealkylation sites (N-methyl/N-ethyl adjacent to an activating group) is 1. The van der Waals surface area contributed by atoms with Gasteiger partial charge in [-0.1, -0.05) is 0 Å². The Hall–Kier alpha value is -1.14. The third-order valence-electron chi connectivity index (χ3n) is 2.57. The molecule has 0 N–H and O–H groups in total. The van der Waals surface area contributed by atoms with Gasteiger partial charge in [-0.25, -0.2) is 0 Å². The largest absolute Gasteiger partial charge is 0.469 e. The highest BCUT2D eigenvalue weighted by atomic mass is 16.7. The van der Waals surface area contributed by atoms with Crippen LogP contribution in [0.2, 0.25) is 0 Å². The van der Waals surface area contributed by atoms with Crippen LogP contribution in [-0.4, -0.2) is 49.9 Å². The monoisotopic (exact) mass is 231 g/mol. The highest BCUT2D eigenvalue weighted by Gasteiger charge is 2.49. The van der Waals surface area contributed by atoms with Crippen molar-refractivity contribution in [3.05, 3.63) is 0 Å². The van der Waals surface area contributed by atoms with Crippen LogP contribution in [0.5, 0.6) is 0 Å². The maximum Gasteiger partial charge on any atom is 0.326 e. The first kappa shape index (κ1) is 12.9. The molecule has 6 heteroatoms. The van der Waals surface area contributed by atoms with Crippen LogP contribution in [0.25, 0.3) is 0 Å². The molecular formula is C10H17NO5. The number of hydrogen-bond acceptors (Lipinski definition) is 6. The van der Waals surface area contributed by atoms with Gasteiger partial charge >= 0.3 is 11.9 Å². The molecule has 92 valence electrons. The molecule has 1 aliphatic rings. The van der Waals surface area contributed by atoms with E-state index >= 15 is 0 Å². The molecule has 0 aromatic carbocycles. The van der Waals surface area contributed by atoms with Crippen molar-refractivity contribution in [1.82, 2.24) is 5.06 Å². The molecule has 0 amide bonds. The molecule has 0 aliphatic carbocycles. The fraction of sp³-hybridized carbons (Fsp3) is 0.800. The minimum atomic E-state index is -0.734. The summed E-state index contributed by atoms with van der Waals surface area (Å²) in [5.41, 5.74) is 0. The molecule has 1 rings (SSSR count). The van der Waals surface area contributed by atoms with Crippen molar-refractivity contribution in [2.45, 2.75) is 26.0 Å². The normalized spacial score (nSPS) is 30.1. The van der Waals surface area contributed by atoms with Crippen molar-refractivity contribution in [2.24, 2.45) is 5.92 Å². The Bertz CT molecular complexity index is 280. The van der Waals surface area contributed by atoms with Gasteiger partial charge in [0, 0.05) is 7.05 Å². The first-order valence-electron chi connectivity index (χ1n) is 5.17. The number of hydroxylamine groups is 2. The average molecular weight is 231 g/mol. The van der Waals surface area contributed by atoms with Gasteiger partial charge in [-0.15, -0.1) is 0 Å². The highest BCUT2D eigenvalue weighted by molar-refractivity contribution is 5.85. The number of hydrogen-bond donors (Lipinski definition) is 0. The summed E-state index contributed by atoms with van der Waals surface area (Å²) in [5, 5.41) is 1.35. The zero-order valence-corrected chi connectivity index (χ0v) is 9.93. The number of ether oxygens (including phenoxy) is 2. The second-order valence-corrected chi connectivity index (χ2v) is 3.60. The van der Waals surface area contributed by atoms with Gasteiger partial charge in [0.15, 0.2) is 0 Å². The van der Waals surface area contributed by atoms with Crippen molar-refractivity contribution < 1.29 is 23.9 Å². The average Bonchev–Trinajstić information content (AvgIpc) is 2.53. The summed E-state index contributed by atoms with van der Waals surface area (Å²) in [6, 6.07) is -0.734. The molecule has 0 aromatic heterocycles. The molecule has 16 heavy (non-hydrogen) atoms. The van der Waals surface area contributed by atoms with E-state index in [1.165, 1.54) is 12.2 Å². The van der Waals surface area contributed by atoms with Crippen LogP contribution >= 0.6 is 0 Å². The van der Waals surface area contributed by atoms with Crippen LogP contribution < -0.4 is 0 Å². The predicted molar refractivity (Wildman–Crippen MR) is 54.2 cm³/mol. The minimum absolute atomic E-state index is 0.269. The second-order valence-electron chi connectivity index (χ2n) is 3.60. The van der Waals surface area contributed by atoms with Crippen LogP contribution in [0.4, 0.5) is 0 Å². The summed E-state index contributed by atoms with van der Waals surface area (Å²) in [4.78, 5) is 28.5. The summed E-state index contributed by atoms with van der Waals surface area (Å²) in [7, 11) is 2.89. The maximum absolute atomic E-state index is 11.7. The molecule has 1 fully saturated rings. The lowest BCUT2D eigenvalue weighted by Gasteiger charge is -2.19. The minimum Gasteiger partial charge on any atom is -0.469 e. The van der Waals surface area contributed by atoms with Gasteiger partial charge in [-0.3, -0.25) is 14.4 Å². The Balaban J connectivity index is 2.85. The van der Waals surface area contributed by atoms with Crippen LogP contribution in [0.3, 0.4) is 0 Å². The Labute approximate surface area is 94.4 Å². The standard InChI is InChI=1S/C10H17NO5/c1-5-15-10(13)8-7(9(12)14-4)6(2)16-11(8)3/h6-8H,5H2,1-4H3/t6-,7-,8+/m0/s1. The van der Waals surface area contributed by atoms with Crippen molar-refractivity contribution in [3.63, 3.8) is 0 Å². The topological polar surface area (TPSA) is 65.1 Å². The van der Waals surface area contributed by atoms with Gasteiger partial charge in [-0.05, 0) is 13.8 Å². The van der Waals surface area contributed by atoms with E-state index in [0.717, 1.165) is 0 Å². The van der Waals surface area contributed by atoms with Crippen LogP contribution in [0.1, 0.15) is 13.8 Å². The quantitative estimate of drug-likeness (QED) is 0.636. The van der Waals surface area contributed by atoms with Crippen molar-refractivity contribution in [1.29, 1.82) is 0 Å². The van der Waals surface area contributed by atoms with Gasteiger partial charge in [0.2, 0.25) is 0 Å². The first-order chi connectivity index (χ1) is 7.52. The van der Waals surface area contributed by atoms with E-state index < -0.39 is 30.0 Å². The molecule has 1 saturated heterocycles. The molecule has 0 radical (unpaired) electrons. The first-order valence-corrected chi connectivity index (χ1v) is 5.17. The molecule has 3 atom stereocenters. The number of carbonyl (C=O) groups excluding carboxylic acids is 2. The number of methoxy groups -OCH3 is 1. The second kappa shape index (κ2) is 5.27. The fourth-order valence-electron chi connectivity index (χ4n) is 1.86. The molecule has 0 saturated carbocycles. The molecule has 0 bridgehead atoms. The maximum atomic E-state index is 11.7. The predicted octanol–water partition coefficient (Wildman–Crippen LogP) is -0.0272. The van der Waals surface area contributed by atoms with Crippen molar-refractivity contribution in [3.8, 4) is 0 Å². The fourth-order valence-corrected chi connectivity index (χ4v) is 1.86. The molecule has 1 aliphatic heterocycles. The summed E-state index contributed by atoms with van der Waals surface area (Å²) in [5.74, 6) is -1.58. The highest BCUT2D eigenvalue weighted by Crippen LogP contribution is 2.28. The lowest BCUT2D eigenvalue weighted by Crippen LogP contribution is -2.42. The van der Waals surface area contributed by atoms with E-state index in [2.05, 4.69) is 4.74 Å². The van der Waals surface area contributed by atoms with E-state index in [1.54, 1.807) is 20.9 Å². The molecule has 0 spiro atoms. The Morgan fingerprint density at radius 3 is 2.50 bits per heavy atom. The van der Waals surface area contributed by atoms with E-state index in [1.807, 2.05) is 0 Å². The smallest absolute Gasteiger partial charge is 0.326 e. The molecule has 0 unspecified atom stereocenters. The van der Waals surface area contributed by atoms with Crippen LogP contribution in [0.15, 0.2) is 0 Å². The summed E-state index contributed by atoms with van der Waals surface area (Å²) in [6.07, 6.45) is -0.396. The summed E-state index contributed by atoms with van der Waals surface area (Å²) in [6.45, 7) is 3.70. The van der Waals surface area contributed by atoms with Gasteiger partial charge in [0.1, 0.15) is 12.0 Å². The number of nitrogens with zero attached hydrogens (tertiary/aromatic N) is 1. The zero-order chi connectivity index (χ0) is 12.3. The molecular weight excluding hydrogens is 214 g/mol.